The lowest BCUT2D eigenvalue weighted by molar-refractivity contribution is -0.147. The van der Waals surface area contributed by atoms with Gasteiger partial charge >= 0.3 is 11.9 Å². The number of phenols is 1. The molecular formula is C36H47ClN6O12. The number of benzene rings is 1. The standard InChI is InChI=1S/C36H47ClN6O12/c1-8-17(5)25(32(50)39-20(35(53)54)15-23(44)45)41-30(48)21-11-10-12-43(21)34(52)29-36(6,9-2)55-22-14-18(13-19(37)28(22)47)27(46)26(38-7)33(51)40-24(16(3)4)31(49)42-29/h10-11,13-14,20-21,24,26-27,29,38,46-47H,3,8-9,12,15H2,1-2,4-7H3,(H,39,50)(H,40,51)(H,41,48)(H,42,49)(H,44,45)(H,53,54)/b25-17+/t20?,21-,24-,26-,27-,29+,36+/m0/s1. The molecule has 1 aromatic carbocycles. The van der Waals surface area contributed by atoms with Crippen LogP contribution in [0, 0.1) is 0 Å². The van der Waals surface area contributed by atoms with Crippen molar-refractivity contribution in [3.63, 3.8) is 0 Å². The van der Waals surface area contributed by atoms with Crippen molar-refractivity contribution in [2.75, 3.05) is 13.6 Å². The predicted octanol–water partition coefficient (Wildman–Crippen LogP) is 0.385. The number of phenolic OH excluding ortho intramolecular Hbond substituents is 1. The number of fused-ring (bicyclic) bond motifs is 2. The maximum atomic E-state index is 14.7. The molecule has 3 rings (SSSR count). The molecule has 2 aliphatic rings. The summed E-state index contributed by atoms with van der Waals surface area (Å²) in [6.07, 6.45) is 0.554. The van der Waals surface area contributed by atoms with Gasteiger partial charge in [0.1, 0.15) is 47.6 Å². The molecule has 19 heteroatoms. The molecule has 0 aromatic heterocycles. The van der Waals surface area contributed by atoms with E-state index in [9.17, 15) is 48.9 Å². The second kappa shape index (κ2) is 18.2. The van der Waals surface area contributed by atoms with Gasteiger partial charge in [0.25, 0.3) is 17.7 Å². The summed E-state index contributed by atoms with van der Waals surface area (Å²) in [5.74, 6) is -8.53. The van der Waals surface area contributed by atoms with Gasteiger partial charge in [0, 0.05) is 6.54 Å². The molecule has 0 aliphatic carbocycles. The number of amides is 5. The van der Waals surface area contributed by atoms with Gasteiger partial charge < -0.3 is 56.6 Å². The first-order chi connectivity index (χ1) is 25.7. The van der Waals surface area contributed by atoms with Crippen molar-refractivity contribution < 1.29 is 58.7 Å². The quantitative estimate of drug-likeness (QED) is 0.103. The lowest BCUT2D eigenvalue weighted by Crippen LogP contribution is -2.65. The predicted molar refractivity (Wildman–Crippen MR) is 197 cm³/mol. The van der Waals surface area contributed by atoms with Crippen LogP contribution in [-0.4, -0.2) is 116 Å². The van der Waals surface area contributed by atoms with Crippen molar-refractivity contribution in [2.24, 2.45) is 0 Å². The number of aliphatic hydroxyl groups excluding tert-OH is 1. The van der Waals surface area contributed by atoms with Crippen molar-refractivity contribution in [1.29, 1.82) is 0 Å². The lowest BCUT2D eigenvalue weighted by Gasteiger charge is -2.40. The highest BCUT2D eigenvalue weighted by Gasteiger charge is 2.48. The number of ether oxygens (including phenoxy) is 1. The Bertz CT molecular complexity index is 1810. The number of nitrogens with zero attached hydrogens (tertiary/aromatic N) is 1. The zero-order valence-corrected chi connectivity index (χ0v) is 31.9. The zero-order chi connectivity index (χ0) is 41.5. The third kappa shape index (κ3) is 10.00. The molecule has 55 heavy (non-hydrogen) atoms. The van der Waals surface area contributed by atoms with E-state index >= 15 is 0 Å². The van der Waals surface area contributed by atoms with E-state index in [4.69, 9.17) is 21.4 Å². The average molecular weight is 791 g/mol. The normalized spacial score (nSPS) is 25.0. The SMILES string of the molecule is C=C(C)[C@@H]1NC(=O)[C@@H](NC)[C@@H](O)c2cc(Cl)c(O)c(c2)O[C@](C)(CC)[C@@H](C(=O)N2CC=C[C@H]2C(=O)N/C(C(=O)NC(CC(=O)O)C(=O)O)=C(\C)CC)NC1=O. The van der Waals surface area contributed by atoms with Gasteiger partial charge in [0.2, 0.25) is 11.8 Å². The number of hydrogen-bond donors (Lipinski definition) is 9. The molecule has 2 aliphatic heterocycles. The Kier molecular flexibility index (Phi) is 14.6. The van der Waals surface area contributed by atoms with E-state index in [1.807, 2.05) is 0 Å². The number of nitrogens with one attached hydrogen (secondary N) is 5. The smallest absolute Gasteiger partial charge is 0.326 e. The zero-order valence-electron chi connectivity index (χ0n) is 31.2. The molecule has 0 spiro atoms. The number of likely N-dealkylation sites (N-methyl/N-ethyl adjacent to an activating group) is 1. The van der Waals surface area contributed by atoms with Crippen LogP contribution in [0.2, 0.25) is 5.02 Å². The molecule has 0 saturated heterocycles. The van der Waals surface area contributed by atoms with Crippen molar-refractivity contribution in [3.05, 3.63) is 58.3 Å². The van der Waals surface area contributed by atoms with Crippen LogP contribution in [0.1, 0.15) is 65.5 Å². The molecule has 2 heterocycles. The minimum absolute atomic E-state index is 0.0151. The molecule has 18 nitrogen and oxygen atoms in total. The fourth-order valence-corrected chi connectivity index (χ4v) is 6.10. The van der Waals surface area contributed by atoms with E-state index in [1.165, 1.54) is 52.1 Å². The van der Waals surface area contributed by atoms with Gasteiger partial charge in [-0.05, 0) is 69.5 Å². The topological polar surface area (TPSA) is 273 Å². The number of hydrogen-bond acceptors (Lipinski definition) is 11. The number of aromatic hydroxyl groups is 1. The highest BCUT2D eigenvalue weighted by molar-refractivity contribution is 6.32. The first-order valence-corrected chi connectivity index (χ1v) is 17.6. The summed E-state index contributed by atoms with van der Waals surface area (Å²) in [5.41, 5.74) is -1.57. The van der Waals surface area contributed by atoms with E-state index in [2.05, 4.69) is 33.2 Å². The van der Waals surface area contributed by atoms with Gasteiger partial charge in [-0.15, -0.1) is 0 Å². The van der Waals surface area contributed by atoms with Gasteiger partial charge in [0.15, 0.2) is 11.5 Å². The van der Waals surface area contributed by atoms with E-state index in [0.717, 1.165) is 4.90 Å². The second-order valence-corrected chi connectivity index (χ2v) is 13.8. The first-order valence-electron chi connectivity index (χ1n) is 17.3. The number of carboxylic acids is 2. The summed E-state index contributed by atoms with van der Waals surface area (Å²) >= 11 is 6.33. The van der Waals surface area contributed by atoms with E-state index in [-0.39, 0.29) is 47.0 Å². The summed E-state index contributed by atoms with van der Waals surface area (Å²) in [6, 6.07) is -5.15. The molecule has 0 radical (unpaired) electrons. The Balaban J connectivity index is 2.10. The van der Waals surface area contributed by atoms with E-state index in [0.29, 0.717) is 5.57 Å². The number of rotatable bonds is 12. The fraction of sp³-hybridized carbons (Fsp3) is 0.472. The van der Waals surface area contributed by atoms with Crippen LogP contribution in [0.15, 0.2) is 47.7 Å². The maximum absolute atomic E-state index is 14.7. The fourth-order valence-electron chi connectivity index (χ4n) is 5.88. The largest absolute Gasteiger partial charge is 0.503 e. The van der Waals surface area contributed by atoms with Gasteiger partial charge in [-0.1, -0.05) is 44.2 Å². The van der Waals surface area contributed by atoms with Crippen LogP contribution in [0.4, 0.5) is 0 Å². The minimum Gasteiger partial charge on any atom is -0.503 e. The number of allylic oxidation sites excluding steroid dienone is 1. The van der Waals surface area contributed by atoms with Crippen LogP contribution in [0.25, 0.3) is 0 Å². The average Bonchev–Trinajstić information content (AvgIpc) is 3.62. The summed E-state index contributed by atoms with van der Waals surface area (Å²) in [7, 11) is 1.40. The Morgan fingerprint density at radius 1 is 1.11 bits per heavy atom. The number of carboxylic acid groups (broad SMARTS) is 2. The van der Waals surface area contributed by atoms with Crippen LogP contribution < -0.4 is 31.3 Å². The maximum Gasteiger partial charge on any atom is 0.326 e. The Morgan fingerprint density at radius 2 is 1.76 bits per heavy atom. The third-order valence-electron chi connectivity index (χ3n) is 9.45. The minimum atomic E-state index is -1.82. The second-order valence-electron chi connectivity index (χ2n) is 13.4. The summed E-state index contributed by atoms with van der Waals surface area (Å²) < 4.78 is 6.29. The molecule has 5 amide bonds. The van der Waals surface area contributed by atoms with Crippen LogP contribution in [0.5, 0.6) is 11.5 Å². The van der Waals surface area contributed by atoms with Crippen molar-refractivity contribution in [1.82, 2.24) is 31.5 Å². The van der Waals surface area contributed by atoms with Crippen molar-refractivity contribution in [2.45, 2.75) is 95.8 Å². The number of carbonyl (C=O) groups is 7. The molecule has 9 N–H and O–H groups in total. The van der Waals surface area contributed by atoms with Gasteiger partial charge in [-0.3, -0.25) is 28.8 Å². The Morgan fingerprint density at radius 3 is 2.31 bits per heavy atom. The Labute approximate surface area is 322 Å². The monoisotopic (exact) mass is 790 g/mol. The Hall–Kier alpha value is -5.46. The van der Waals surface area contributed by atoms with E-state index < -0.39 is 95.6 Å². The number of aliphatic hydroxyl groups is 1. The van der Waals surface area contributed by atoms with Gasteiger partial charge in [0.05, 0.1) is 11.4 Å². The summed E-state index contributed by atoms with van der Waals surface area (Å²) in [4.78, 5) is 93.1. The summed E-state index contributed by atoms with van der Waals surface area (Å²) in [6.45, 7) is 11.4. The molecule has 300 valence electrons. The third-order valence-corrected chi connectivity index (χ3v) is 9.74. The molecule has 1 unspecified atom stereocenters. The molecule has 2 bridgehead atoms. The number of carbonyl (C=O) groups excluding carboxylic acids is 5. The number of halogens is 1. The lowest BCUT2D eigenvalue weighted by atomic mass is 9.90. The first kappa shape index (κ1) is 43.9. The van der Waals surface area contributed by atoms with Gasteiger partial charge in [-0.2, -0.15) is 0 Å². The van der Waals surface area contributed by atoms with Crippen LogP contribution in [-0.2, 0) is 33.6 Å². The molecule has 0 fully saturated rings. The molecule has 7 atom stereocenters. The van der Waals surface area contributed by atoms with Gasteiger partial charge in [-0.25, -0.2) is 4.79 Å². The highest BCUT2D eigenvalue weighted by Crippen LogP contribution is 2.41. The summed E-state index contributed by atoms with van der Waals surface area (Å²) in [5, 5.41) is 52.9. The van der Waals surface area contributed by atoms with Crippen LogP contribution in [0.3, 0.4) is 0 Å². The molecule has 1 aromatic rings. The highest BCUT2D eigenvalue weighted by atomic mass is 35.5. The molecular weight excluding hydrogens is 744 g/mol. The van der Waals surface area contributed by atoms with Crippen molar-refractivity contribution >= 4 is 53.1 Å². The van der Waals surface area contributed by atoms with Crippen molar-refractivity contribution in [3.8, 4) is 11.5 Å². The van der Waals surface area contributed by atoms with Crippen LogP contribution >= 0.6 is 11.6 Å². The molecule has 0 saturated carbocycles. The van der Waals surface area contributed by atoms with E-state index in [1.54, 1.807) is 13.8 Å². The number of aliphatic carboxylic acids is 2.